The van der Waals surface area contributed by atoms with E-state index in [-0.39, 0.29) is 0 Å². The first-order valence-electron chi connectivity index (χ1n) is 6.96. The van der Waals surface area contributed by atoms with Crippen molar-refractivity contribution in [2.24, 2.45) is 11.8 Å². The highest BCUT2D eigenvalue weighted by atomic mass is 79.9. The summed E-state index contributed by atoms with van der Waals surface area (Å²) >= 11 is 9.76. The van der Waals surface area contributed by atoms with Crippen molar-refractivity contribution in [2.45, 2.75) is 44.6 Å². The van der Waals surface area contributed by atoms with Crippen molar-refractivity contribution >= 4 is 33.2 Å². The Bertz CT molecular complexity index is 413. The van der Waals surface area contributed by atoms with Gasteiger partial charge in [-0.1, -0.05) is 30.5 Å². The van der Waals surface area contributed by atoms with Gasteiger partial charge in [-0.05, 0) is 65.6 Å². The van der Waals surface area contributed by atoms with Gasteiger partial charge in [0.25, 0.3) is 0 Å². The summed E-state index contributed by atoms with van der Waals surface area (Å²) in [6, 6.07) is 6.73. The Morgan fingerprint density at radius 2 is 1.72 bits per heavy atom. The van der Waals surface area contributed by atoms with Crippen LogP contribution in [0.4, 0.5) is 5.69 Å². The molecule has 0 atom stereocenters. The number of anilines is 1. The SMILES string of the molecule is Clc1cccc(NC(C2CCC2)C2CCC2)c1Br. The van der Waals surface area contributed by atoms with Crippen LogP contribution in [0.2, 0.25) is 5.02 Å². The first-order chi connectivity index (χ1) is 8.75. The molecule has 2 saturated carbocycles. The van der Waals surface area contributed by atoms with Crippen molar-refractivity contribution < 1.29 is 0 Å². The number of hydrogen-bond acceptors (Lipinski definition) is 1. The molecule has 0 spiro atoms. The lowest BCUT2D eigenvalue weighted by Gasteiger charge is -2.43. The van der Waals surface area contributed by atoms with Gasteiger partial charge < -0.3 is 5.32 Å². The van der Waals surface area contributed by atoms with Crippen molar-refractivity contribution in [3.05, 3.63) is 27.7 Å². The van der Waals surface area contributed by atoms with Crippen LogP contribution in [0, 0.1) is 11.8 Å². The molecule has 18 heavy (non-hydrogen) atoms. The molecule has 2 aliphatic carbocycles. The summed E-state index contributed by atoms with van der Waals surface area (Å²) in [5.41, 5.74) is 1.16. The molecule has 2 aliphatic rings. The molecule has 0 unspecified atom stereocenters. The quantitative estimate of drug-likeness (QED) is 0.771. The number of hydrogen-bond donors (Lipinski definition) is 1. The number of nitrogens with one attached hydrogen (secondary N) is 1. The van der Waals surface area contributed by atoms with E-state index in [0.29, 0.717) is 6.04 Å². The summed E-state index contributed by atoms with van der Waals surface area (Å²) in [5.74, 6) is 1.75. The van der Waals surface area contributed by atoms with Gasteiger partial charge in [-0.25, -0.2) is 0 Å². The highest BCUT2D eigenvalue weighted by Gasteiger charge is 2.36. The van der Waals surface area contributed by atoms with Crippen LogP contribution in [-0.2, 0) is 0 Å². The minimum Gasteiger partial charge on any atom is -0.381 e. The number of halogens is 2. The largest absolute Gasteiger partial charge is 0.381 e. The maximum atomic E-state index is 6.17. The van der Waals surface area contributed by atoms with Gasteiger partial charge in [0.2, 0.25) is 0 Å². The molecule has 1 N–H and O–H groups in total. The van der Waals surface area contributed by atoms with Gasteiger partial charge in [-0.3, -0.25) is 0 Å². The maximum absolute atomic E-state index is 6.17. The van der Waals surface area contributed by atoms with Crippen molar-refractivity contribution in [1.29, 1.82) is 0 Å². The zero-order valence-electron chi connectivity index (χ0n) is 10.5. The number of benzene rings is 1. The van der Waals surface area contributed by atoms with E-state index in [4.69, 9.17) is 11.6 Å². The maximum Gasteiger partial charge on any atom is 0.0593 e. The Morgan fingerprint density at radius 1 is 1.11 bits per heavy atom. The average molecular weight is 329 g/mol. The van der Waals surface area contributed by atoms with Crippen molar-refractivity contribution in [3.63, 3.8) is 0 Å². The third-order valence-corrected chi connectivity index (χ3v) is 5.99. The molecule has 3 heteroatoms. The van der Waals surface area contributed by atoms with E-state index < -0.39 is 0 Å². The van der Waals surface area contributed by atoms with Crippen molar-refractivity contribution in [1.82, 2.24) is 0 Å². The third kappa shape index (κ3) is 2.42. The van der Waals surface area contributed by atoms with Crippen LogP contribution in [0.3, 0.4) is 0 Å². The minimum absolute atomic E-state index is 0.655. The van der Waals surface area contributed by atoms with E-state index in [0.717, 1.165) is 27.0 Å². The zero-order chi connectivity index (χ0) is 12.5. The van der Waals surface area contributed by atoms with Gasteiger partial charge in [-0.15, -0.1) is 0 Å². The molecule has 0 bridgehead atoms. The Balaban J connectivity index is 1.76. The molecule has 98 valence electrons. The molecule has 0 saturated heterocycles. The van der Waals surface area contributed by atoms with E-state index in [2.05, 4.69) is 27.3 Å². The van der Waals surface area contributed by atoms with E-state index in [1.54, 1.807) is 0 Å². The molecule has 0 radical (unpaired) electrons. The minimum atomic E-state index is 0.655. The van der Waals surface area contributed by atoms with E-state index in [9.17, 15) is 0 Å². The Kier molecular flexibility index (Phi) is 3.86. The predicted molar refractivity (Wildman–Crippen MR) is 81.2 cm³/mol. The fourth-order valence-corrected chi connectivity index (χ4v) is 3.57. The lowest BCUT2D eigenvalue weighted by atomic mass is 9.68. The van der Waals surface area contributed by atoms with E-state index in [1.165, 1.54) is 38.5 Å². The van der Waals surface area contributed by atoms with Gasteiger partial charge >= 0.3 is 0 Å². The standard InChI is InChI=1S/C15H19BrClN/c16-14-12(17)8-3-9-13(14)18-15(10-4-1-5-10)11-6-2-7-11/h3,8-11,15,18H,1-2,4-7H2. The van der Waals surface area contributed by atoms with Crippen LogP contribution < -0.4 is 5.32 Å². The molecular formula is C15H19BrClN. The molecule has 1 aromatic rings. The van der Waals surface area contributed by atoms with Gasteiger partial charge in [0.15, 0.2) is 0 Å². The second-order valence-corrected chi connectivity index (χ2v) is 6.85. The average Bonchev–Trinajstić information content (AvgIpc) is 2.19. The van der Waals surface area contributed by atoms with Gasteiger partial charge in [0.05, 0.1) is 15.2 Å². The Morgan fingerprint density at radius 3 is 2.22 bits per heavy atom. The third-order valence-electron chi connectivity index (χ3n) is 4.59. The molecule has 0 aliphatic heterocycles. The molecule has 0 heterocycles. The predicted octanol–water partition coefficient (Wildman–Crippen LogP) is 5.48. The fourth-order valence-electron chi connectivity index (χ4n) is 3.01. The smallest absolute Gasteiger partial charge is 0.0593 e. The molecule has 0 amide bonds. The summed E-state index contributed by atoms with van der Waals surface area (Å²) in [6.45, 7) is 0. The fraction of sp³-hybridized carbons (Fsp3) is 0.600. The van der Waals surface area contributed by atoms with Crippen LogP contribution in [0.1, 0.15) is 38.5 Å². The molecule has 3 rings (SSSR count). The van der Waals surface area contributed by atoms with Gasteiger partial charge in [0.1, 0.15) is 0 Å². The topological polar surface area (TPSA) is 12.0 Å². The molecule has 1 aromatic carbocycles. The van der Waals surface area contributed by atoms with Crippen LogP contribution in [0.25, 0.3) is 0 Å². The van der Waals surface area contributed by atoms with Crippen LogP contribution in [0.5, 0.6) is 0 Å². The zero-order valence-corrected chi connectivity index (χ0v) is 12.8. The van der Waals surface area contributed by atoms with Crippen LogP contribution >= 0.6 is 27.5 Å². The van der Waals surface area contributed by atoms with Crippen molar-refractivity contribution in [2.75, 3.05) is 5.32 Å². The number of rotatable bonds is 4. The van der Waals surface area contributed by atoms with Gasteiger partial charge in [0, 0.05) is 6.04 Å². The summed E-state index contributed by atoms with van der Waals surface area (Å²) < 4.78 is 1.01. The molecule has 0 aromatic heterocycles. The van der Waals surface area contributed by atoms with Crippen molar-refractivity contribution in [3.8, 4) is 0 Å². The van der Waals surface area contributed by atoms with Crippen LogP contribution in [0.15, 0.2) is 22.7 Å². The Labute approximate surface area is 122 Å². The van der Waals surface area contributed by atoms with Crippen LogP contribution in [-0.4, -0.2) is 6.04 Å². The highest BCUT2D eigenvalue weighted by molar-refractivity contribution is 9.10. The van der Waals surface area contributed by atoms with Gasteiger partial charge in [-0.2, -0.15) is 0 Å². The van der Waals surface area contributed by atoms with E-state index in [1.807, 2.05) is 12.1 Å². The summed E-state index contributed by atoms with van der Waals surface area (Å²) in [5, 5.41) is 4.55. The van der Waals surface area contributed by atoms with E-state index >= 15 is 0 Å². The highest BCUT2D eigenvalue weighted by Crippen LogP contribution is 2.42. The lowest BCUT2D eigenvalue weighted by Crippen LogP contribution is -2.42. The molecule has 1 nitrogen and oxygen atoms in total. The second-order valence-electron chi connectivity index (χ2n) is 5.65. The normalized spacial score (nSPS) is 20.6. The summed E-state index contributed by atoms with van der Waals surface area (Å²) in [6.07, 6.45) is 8.40. The second kappa shape index (κ2) is 5.42. The lowest BCUT2D eigenvalue weighted by molar-refractivity contribution is 0.166. The monoisotopic (exact) mass is 327 g/mol. The summed E-state index contributed by atoms with van der Waals surface area (Å²) in [7, 11) is 0. The molecule has 2 fully saturated rings. The summed E-state index contributed by atoms with van der Waals surface area (Å²) in [4.78, 5) is 0. The first-order valence-corrected chi connectivity index (χ1v) is 8.13. The molecular weight excluding hydrogens is 310 g/mol. The Hall–Kier alpha value is -0.210. The first kappa shape index (κ1) is 12.8.